The van der Waals surface area contributed by atoms with Crippen LogP contribution >= 0.6 is 0 Å². The summed E-state index contributed by atoms with van der Waals surface area (Å²) in [5.41, 5.74) is 0. The maximum absolute atomic E-state index is 12.7. The highest BCUT2D eigenvalue weighted by atomic mass is 16.6. The lowest BCUT2D eigenvalue weighted by Crippen LogP contribution is -2.30. The Balaban J connectivity index is 4.38. The highest BCUT2D eigenvalue weighted by Gasteiger charge is 2.19. The lowest BCUT2D eigenvalue weighted by molar-refractivity contribution is -0.166. The van der Waals surface area contributed by atoms with Crippen LogP contribution in [0.25, 0.3) is 0 Å². The van der Waals surface area contributed by atoms with E-state index in [0.29, 0.717) is 12.8 Å². The van der Waals surface area contributed by atoms with Gasteiger partial charge in [0.25, 0.3) is 0 Å². The summed E-state index contributed by atoms with van der Waals surface area (Å²) < 4.78 is 16.7. The summed E-state index contributed by atoms with van der Waals surface area (Å²) in [4.78, 5) is 37.9. The average Bonchev–Trinajstić information content (AvgIpc) is 3.30. The zero-order valence-corrected chi connectivity index (χ0v) is 42.2. The molecule has 0 aliphatic heterocycles. The van der Waals surface area contributed by atoms with Gasteiger partial charge in [-0.25, -0.2) is 0 Å². The maximum Gasteiger partial charge on any atom is 0.310 e. The monoisotopic (exact) mass is 903 g/mol. The van der Waals surface area contributed by atoms with Gasteiger partial charge in [0.1, 0.15) is 13.2 Å². The number of unbranched alkanes of at least 4 members (excludes halogenated alkanes) is 21. The summed E-state index contributed by atoms with van der Waals surface area (Å²) in [5, 5.41) is 0. The Hall–Kier alpha value is -3.67. The molecule has 0 spiro atoms. The van der Waals surface area contributed by atoms with Crippen molar-refractivity contribution in [3.63, 3.8) is 0 Å². The van der Waals surface area contributed by atoms with Gasteiger partial charge < -0.3 is 14.2 Å². The summed E-state index contributed by atoms with van der Waals surface area (Å²) in [6.45, 7) is 6.39. The third kappa shape index (κ3) is 51.2. The third-order valence-electron chi connectivity index (χ3n) is 11.1. The zero-order chi connectivity index (χ0) is 47.2. The van der Waals surface area contributed by atoms with Crippen molar-refractivity contribution in [3.8, 4) is 0 Å². The van der Waals surface area contributed by atoms with Crippen LogP contribution in [0.2, 0.25) is 0 Å². The van der Waals surface area contributed by atoms with Crippen molar-refractivity contribution in [2.24, 2.45) is 0 Å². The Morgan fingerprint density at radius 2 is 0.646 bits per heavy atom. The van der Waals surface area contributed by atoms with Gasteiger partial charge in [0.15, 0.2) is 6.10 Å². The Morgan fingerprint density at radius 1 is 0.338 bits per heavy atom. The van der Waals surface area contributed by atoms with Crippen LogP contribution in [-0.4, -0.2) is 37.2 Å². The molecule has 0 N–H and O–H groups in total. The number of allylic oxidation sites excluding steroid dienone is 15. The summed E-state index contributed by atoms with van der Waals surface area (Å²) in [5.74, 6) is -1.06. The smallest absolute Gasteiger partial charge is 0.310 e. The minimum absolute atomic E-state index is 0.0943. The maximum atomic E-state index is 12.7. The molecule has 0 aromatic carbocycles. The average molecular weight is 903 g/mol. The van der Waals surface area contributed by atoms with E-state index < -0.39 is 12.1 Å². The fourth-order valence-corrected chi connectivity index (χ4v) is 7.11. The molecule has 0 amide bonds. The first-order chi connectivity index (χ1) is 32.0. The zero-order valence-electron chi connectivity index (χ0n) is 42.2. The van der Waals surface area contributed by atoms with Gasteiger partial charge in [-0.1, -0.05) is 234 Å². The summed E-state index contributed by atoms with van der Waals surface area (Å²) in [6, 6.07) is 0. The lowest BCUT2D eigenvalue weighted by Gasteiger charge is -2.18. The van der Waals surface area contributed by atoms with Gasteiger partial charge in [0.05, 0.1) is 6.42 Å². The van der Waals surface area contributed by atoms with Gasteiger partial charge in [-0.3, -0.25) is 14.4 Å². The number of esters is 3. The molecule has 0 aromatic rings. The Kier molecular flexibility index (Phi) is 50.0. The summed E-state index contributed by atoms with van der Waals surface area (Å²) in [6.07, 6.45) is 70.0. The SMILES string of the molecule is CC/C=C\C/C=C\C/C=C\C/C=C\C/C=C\CC(=O)OC(COC(=O)CCCCCCCCCCC)COC(=O)CCCCCCCCCC/C=C\C/C=C\C/C=C\CCCCCCC. The van der Waals surface area contributed by atoms with Crippen molar-refractivity contribution >= 4 is 17.9 Å². The Morgan fingerprint density at radius 3 is 1.02 bits per heavy atom. The lowest BCUT2D eigenvalue weighted by atomic mass is 10.1. The van der Waals surface area contributed by atoms with Crippen LogP contribution in [0.5, 0.6) is 0 Å². The second-order valence-electron chi connectivity index (χ2n) is 17.4. The molecule has 6 nitrogen and oxygen atoms in total. The number of carbonyl (C=O) groups excluding carboxylic acids is 3. The minimum atomic E-state index is -0.833. The first-order valence-corrected chi connectivity index (χ1v) is 26.7. The van der Waals surface area contributed by atoms with E-state index >= 15 is 0 Å². The normalized spacial score (nSPS) is 12.8. The quantitative estimate of drug-likeness (QED) is 0.0262. The van der Waals surface area contributed by atoms with E-state index in [9.17, 15) is 14.4 Å². The van der Waals surface area contributed by atoms with Crippen LogP contribution in [0.15, 0.2) is 97.2 Å². The molecule has 0 fully saturated rings. The van der Waals surface area contributed by atoms with E-state index in [2.05, 4.69) is 106 Å². The molecule has 0 saturated carbocycles. The molecule has 65 heavy (non-hydrogen) atoms. The molecular formula is C59H98O6. The highest BCUT2D eigenvalue weighted by Crippen LogP contribution is 2.14. The molecule has 370 valence electrons. The Labute approximate surface area is 400 Å². The first-order valence-electron chi connectivity index (χ1n) is 26.7. The molecule has 1 unspecified atom stereocenters. The highest BCUT2D eigenvalue weighted by molar-refractivity contribution is 5.72. The molecule has 1 atom stereocenters. The summed E-state index contributed by atoms with van der Waals surface area (Å²) in [7, 11) is 0. The van der Waals surface area contributed by atoms with Crippen LogP contribution in [0.3, 0.4) is 0 Å². The number of hydrogen-bond donors (Lipinski definition) is 0. The van der Waals surface area contributed by atoms with Gasteiger partial charge in [-0.05, 0) is 83.5 Å². The van der Waals surface area contributed by atoms with Crippen molar-refractivity contribution in [2.75, 3.05) is 13.2 Å². The molecule has 0 radical (unpaired) electrons. The van der Waals surface area contributed by atoms with Gasteiger partial charge >= 0.3 is 17.9 Å². The molecule has 6 heteroatoms. The molecule has 0 saturated heterocycles. The molecule has 0 heterocycles. The minimum Gasteiger partial charge on any atom is -0.462 e. The van der Waals surface area contributed by atoms with E-state index in [-0.39, 0.29) is 31.6 Å². The van der Waals surface area contributed by atoms with Crippen LogP contribution < -0.4 is 0 Å². The van der Waals surface area contributed by atoms with Crippen molar-refractivity contribution < 1.29 is 28.6 Å². The van der Waals surface area contributed by atoms with E-state index in [1.165, 1.54) is 109 Å². The van der Waals surface area contributed by atoms with Gasteiger partial charge in [0, 0.05) is 12.8 Å². The molecule has 0 aromatic heterocycles. The van der Waals surface area contributed by atoms with E-state index in [1.807, 2.05) is 6.08 Å². The molecule has 0 rings (SSSR count). The number of ether oxygens (including phenoxy) is 3. The second kappa shape index (κ2) is 52.9. The fraction of sp³-hybridized carbons (Fsp3) is 0.678. The standard InChI is InChI=1S/C59H98O6/c1-4-7-10-13-16-19-21-23-25-26-27-28-29-30-31-32-34-35-37-40-43-46-49-52-58(61)64-55-56(54-63-57(60)51-48-45-42-39-18-15-12-9-6-3)65-59(62)53-50-47-44-41-38-36-33-24-22-20-17-14-11-8-5-2/h8,11,17,20-21,23-24,26-27,29-30,33,38,41,47,50,56H,4-7,9-10,12-16,18-19,22,25,28,31-32,34-37,39-40,42-46,48-49,51-55H2,1-3H3/b11-8-,20-17-,23-21-,27-26-,30-29-,33-24-,41-38-,50-47-. The van der Waals surface area contributed by atoms with Crippen LogP contribution in [0, 0.1) is 0 Å². The van der Waals surface area contributed by atoms with Crippen molar-refractivity contribution in [1.29, 1.82) is 0 Å². The van der Waals surface area contributed by atoms with Crippen molar-refractivity contribution in [3.05, 3.63) is 97.2 Å². The van der Waals surface area contributed by atoms with Gasteiger partial charge in [-0.15, -0.1) is 0 Å². The predicted molar refractivity (Wildman–Crippen MR) is 279 cm³/mol. The molecule has 0 aliphatic rings. The fourth-order valence-electron chi connectivity index (χ4n) is 7.11. The van der Waals surface area contributed by atoms with Gasteiger partial charge in [-0.2, -0.15) is 0 Å². The largest absolute Gasteiger partial charge is 0.462 e. The third-order valence-corrected chi connectivity index (χ3v) is 11.1. The number of hydrogen-bond acceptors (Lipinski definition) is 6. The van der Waals surface area contributed by atoms with Gasteiger partial charge in [0.2, 0.25) is 0 Å². The van der Waals surface area contributed by atoms with E-state index in [0.717, 1.165) is 89.9 Å². The predicted octanol–water partition coefficient (Wildman–Crippen LogP) is 17.8. The van der Waals surface area contributed by atoms with Crippen LogP contribution in [0.4, 0.5) is 0 Å². The second-order valence-corrected chi connectivity index (χ2v) is 17.4. The first kappa shape index (κ1) is 61.3. The van der Waals surface area contributed by atoms with Crippen molar-refractivity contribution in [2.45, 2.75) is 245 Å². The Bertz CT molecular complexity index is 1310. The van der Waals surface area contributed by atoms with Crippen LogP contribution in [-0.2, 0) is 28.6 Å². The molecular weight excluding hydrogens is 805 g/mol. The van der Waals surface area contributed by atoms with E-state index in [1.54, 1.807) is 6.08 Å². The van der Waals surface area contributed by atoms with E-state index in [4.69, 9.17) is 14.2 Å². The van der Waals surface area contributed by atoms with Crippen LogP contribution in [0.1, 0.15) is 239 Å². The topological polar surface area (TPSA) is 78.9 Å². The van der Waals surface area contributed by atoms with Crippen molar-refractivity contribution in [1.82, 2.24) is 0 Å². The number of carbonyl (C=O) groups is 3. The number of rotatable bonds is 47. The summed E-state index contributed by atoms with van der Waals surface area (Å²) >= 11 is 0. The molecule has 0 bridgehead atoms. The molecule has 0 aliphatic carbocycles.